The molecule has 0 heterocycles. The zero-order valence-corrected chi connectivity index (χ0v) is 17.6. The number of ether oxygens (including phenoxy) is 1. The smallest absolute Gasteiger partial charge is 0.264 e. The van der Waals surface area contributed by atoms with Gasteiger partial charge in [-0.3, -0.25) is 9.10 Å². The summed E-state index contributed by atoms with van der Waals surface area (Å²) >= 11 is 0. The first-order valence-corrected chi connectivity index (χ1v) is 10.8. The Morgan fingerprint density at radius 2 is 1.68 bits per heavy atom. The highest BCUT2D eigenvalue weighted by atomic mass is 32.2. The van der Waals surface area contributed by atoms with Gasteiger partial charge in [0.15, 0.2) is 0 Å². The number of amides is 1. The van der Waals surface area contributed by atoms with Gasteiger partial charge in [0.25, 0.3) is 15.9 Å². The number of benzene rings is 2. The maximum Gasteiger partial charge on any atom is 0.264 e. The second kappa shape index (κ2) is 9.59. The molecule has 7 heteroatoms. The van der Waals surface area contributed by atoms with Gasteiger partial charge in [-0.2, -0.15) is 0 Å². The summed E-state index contributed by atoms with van der Waals surface area (Å²) in [6, 6.07) is 12.9. The summed E-state index contributed by atoms with van der Waals surface area (Å²) in [7, 11) is -0.809. The van der Waals surface area contributed by atoms with Gasteiger partial charge in [-0.15, -0.1) is 0 Å². The molecule has 6 nitrogen and oxygen atoms in total. The molecule has 152 valence electrons. The van der Waals surface area contributed by atoms with Crippen molar-refractivity contribution >= 4 is 21.6 Å². The van der Waals surface area contributed by atoms with E-state index in [0.29, 0.717) is 29.5 Å². The molecule has 0 aromatic heterocycles. The van der Waals surface area contributed by atoms with Gasteiger partial charge in [0.1, 0.15) is 5.75 Å². The molecule has 1 amide bonds. The average molecular weight is 405 g/mol. The lowest BCUT2D eigenvalue weighted by atomic mass is 10.0. The summed E-state index contributed by atoms with van der Waals surface area (Å²) in [6.07, 6.45) is 2.01. The van der Waals surface area contributed by atoms with E-state index in [-0.39, 0.29) is 10.8 Å². The van der Waals surface area contributed by atoms with Crippen LogP contribution in [0.25, 0.3) is 0 Å². The predicted molar refractivity (Wildman–Crippen MR) is 111 cm³/mol. The van der Waals surface area contributed by atoms with E-state index in [2.05, 4.69) is 19.2 Å². The number of methoxy groups -OCH3 is 1. The van der Waals surface area contributed by atoms with Gasteiger partial charge in [-0.25, -0.2) is 8.42 Å². The molecule has 0 bridgehead atoms. The second-order valence-corrected chi connectivity index (χ2v) is 8.53. The number of carbonyl (C=O) groups excluding carboxylic acids is 1. The molecule has 2 aromatic rings. The average Bonchev–Trinajstić information content (AvgIpc) is 2.73. The van der Waals surface area contributed by atoms with E-state index in [1.54, 1.807) is 24.3 Å². The predicted octanol–water partition coefficient (Wildman–Crippen LogP) is 3.69. The van der Waals surface area contributed by atoms with Gasteiger partial charge >= 0.3 is 0 Å². The van der Waals surface area contributed by atoms with Gasteiger partial charge in [-0.05, 0) is 42.3 Å². The van der Waals surface area contributed by atoms with E-state index < -0.39 is 10.0 Å². The summed E-state index contributed by atoms with van der Waals surface area (Å²) < 4.78 is 32.3. The fourth-order valence-corrected chi connectivity index (χ4v) is 4.08. The summed E-state index contributed by atoms with van der Waals surface area (Å²) in [5, 5.41) is 2.91. The first-order chi connectivity index (χ1) is 13.3. The van der Waals surface area contributed by atoms with E-state index in [9.17, 15) is 13.2 Å². The van der Waals surface area contributed by atoms with Crippen molar-refractivity contribution in [1.82, 2.24) is 5.32 Å². The van der Waals surface area contributed by atoms with Crippen LogP contribution in [-0.2, 0) is 10.0 Å². The zero-order chi connectivity index (χ0) is 20.7. The van der Waals surface area contributed by atoms with Crippen LogP contribution in [0.5, 0.6) is 5.75 Å². The largest absolute Gasteiger partial charge is 0.495 e. The number of anilines is 1. The molecular formula is C21H28N2O4S. The minimum atomic E-state index is -3.78. The quantitative estimate of drug-likeness (QED) is 0.692. The molecule has 28 heavy (non-hydrogen) atoms. The van der Waals surface area contributed by atoms with Gasteiger partial charge in [0.05, 0.1) is 17.7 Å². The lowest BCUT2D eigenvalue weighted by Crippen LogP contribution is -2.29. The van der Waals surface area contributed by atoms with Crippen molar-refractivity contribution in [2.75, 3.05) is 25.0 Å². The van der Waals surface area contributed by atoms with Crippen LogP contribution < -0.4 is 14.4 Å². The van der Waals surface area contributed by atoms with Crippen molar-refractivity contribution in [2.24, 2.45) is 5.92 Å². The van der Waals surface area contributed by atoms with E-state index in [0.717, 1.165) is 12.8 Å². The number of para-hydroxylation sites is 2. The minimum Gasteiger partial charge on any atom is -0.495 e. The second-order valence-electron chi connectivity index (χ2n) is 6.56. The third-order valence-corrected chi connectivity index (χ3v) is 6.69. The van der Waals surface area contributed by atoms with Gasteiger partial charge in [-0.1, -0.05) is 38.8 Å². The molecule has 2 rings (SSSR count). The molecule has 0 aliphatic heterocycles. The number of hydrogen-bond donors (Lipinski definition) is 1. The highest BCUT2D eigenvalue weighted by molar-refractivity contribution is 7.92. The van der Waals surface area contributed by atoms with Crippen LogP contribution in [-0.4, -0.2) is 35.0 Å². The van der Waals surface area contributed by atoms with E-state index in [4.69, 9.17) is 4.74 Å². The van der Waals surface area contributed by atoms with Gasteiger partial charge < -0.3 is 10.1 Å². The molecule has 0 spiro atoms. The molecule has 0 saturated carbocycles. The van der Waals surface area contributed by atoms with Gasteiger partial charge in [0.2, 0.25) is 0 Å². The SMILES string of the molecule is CCC(CC)CNC(=O)c1ccc(S(=O)(=O)N(C)c2ccccc2OC)cc1. The fourth-order valence-electron chi connectivity index (χ4n) is 2.87. The first-order valence-electron chi connectivity index (χ1n) is 9.35. The first kappa shape index (κ1) is 21.8. The summed E-state index contributed by atoms with van der Waals surface area (Å²) in [4.78, 5) is 12.4. The van der Waals surface area contributed by atoms with Crippen molar-refractivity contribution in [3.63, 3.8) is 0 Å². The normalized spacial score (nSPS) is 11.3. The lowest BCUT2D eigenvalue weighted by Gasteiger charge is -2.21. The third-order valence-electron chi connectivity index (χ3n) is 4.91. The highest BCUT2D eigenvalue weighted by Gasteiger charge is 2.24. The Morgan fingerprint density at radius 1 is 1.07 bits per heavy atom. The maximum atomic E-state index is 12.9. The molecule has 0 atom stereocenters. The standard InChI is InChI=1S/C21H28N2O4S/c1-5-16(6-2)15-22-21(24)17-11-13-18(14-12-17)28(25,26)23(3)19-9-7-8-10-20(19)27-4/h7-14,16H,5-6,15H2,1-4H3,(H,22,24). The van der Waals surface area contributed by atoms with Crippen LogP contribution >= 0.6 is 0 Å². The van der Waals surface area contributed by atoms with Crippen LogP contribution in [0, 0.1) is 5.92 Å². The highest BCUT2D eigenvalue weighted by Crippen LogP contribution is 2.30. The van der Waals surface area contributed by atoms with Crippen molar-refractivity contribution in [3.8, 4) is 5.75 Å². The Kier molecular flexibility index (Phi) is 7.45. The zero-order valence-electron chi connectivity index (χ0n) is 16.8. The molecule has 2 aromatic carbocycles. The number of nitrogens with zero attached hydrogens (tertiary/aromatic N) is 1. The number of hydrogen-bond acceptors (Lipinski definition) is 4. The molecule has 1 N–H and O–H groups in total. The molecule has 0 unspecified atom stereocenters. The number of rotatable bonds is 9. The minimum absolute atomic E-state index is 0.109. The van der Waals surface area contributed by atoms with Crippen molar-refractivity contribution < 1.29 is 17.9 Å². The summed E-state index contributed by atoms with van der Waals surface area (Å²) in [6.45, 7) is 4.80. The monoisotopic (exact) mass is 404 g/mol. The van der Waals surface area contributed by atoms with E-state index >= 15 is 0 Å². The molecular weight excluding hydrogens is 376 g/mol. The van der Waals surface area contributed by atoms with Gasteiger partial charge in [0, 0.05) is 19.2 Å². The maximum absolute atomic E-state index is 12.9. The van der Waals surface area contributed by atoms with Crippen molar-refractivity contribution in [3.05, 3.63) is 54.1 Å². The Morgan fingerprint density at radius 3 is 2.25 bits per heavy atom. The molecule has 0 aliphatic rings. The Balaban J connectivity index is 2.18. The number of nitrogens with one attached hydrogen (secondary N) is 1. The van der Waals surface area contributed by atoms with Crippen LogP contribution in [0.15, 0.2) is 53.4 Å². The number of sulfonamides is 1. The van der Waals surface area contributed by atoms with Crippen LogP contribution in [0.4, 0.5) is 5.69 Å². The Labute approximate surface area is 167 Å². The molecule has 0 saturated heterocycles. The molecule has 0 aliphatic carbocycles. The van der Waals surface area contributed by atoms with Crippen LogP contribution in [0.2, 0.25) is 0 Å². The van der Waals surface area contributed by atoms with E-state index in [1.165, 1.54) is 42.7 Å². The van der Waals surface area contributed by atoms with Crippen LogP contribution in [0.1, 0.15) is 37.0 Å². The molecule has 0 fully saturated rings. The Bertz CT molecular complexity index is 891. The third kappa shape index (κ3) is 4.84. The van der Waals surface area contributed by atoms with Crippen LogP contribution in [0.3, 0.4) is 0 Å². The Hall–Kier alpha value is -2.54. The lowest BCUT2D eigenvalue weighted by molar-refractivity contribution is 0.0946. The molecule has 0 radical (unpaired) electrons. The summed E-state index contributed by atoms with van der Waals surface area (Å²) in [5.74, 6) is 0.706. The topological polar surface area (TPSA) is 75.7 Å². The fraction of sp³-hybridized carbons (Fsp3) is 0.381. The van der Waals surface area contributed by atoms with Crippen molar-refractivity contribution in [1.29, 1.82) is 0 Å². The van der Waals surface area contributed by atoms with E-state index in [1.807, 2.05) is 0 Å². The summed E-state index contributed by atoms with van der Waals surface area (Å²) in [5.41, 5.74) is 0.877. The van der Waals surface area contributed by atoms with Crippen molar-refractivity contribution in [2.45, 2.75) is 31.6 Å². The number of carbonyl (C=O) groups is 1.